The summed E-state index contributed by atoms with van der Waals surface area (Å²) in [4.78, 5) is 14.2. The molecule has 1 heterocycles. The number of anilines is 1. The molecule has 1 amide bonds. The predicted molar refractivity (Wildman–Crippen MR) is 45.1 cm³/mol. The molecule has 0 spiro atoms. The average molecular weight is 184 g/mol. The molecular weight excluding hydrogens is 175 g/mol. The molecule has 0 atom stereocenters. The summed E-state index contributed by atoms with van der Waals surface area (Å²) in [7, 11) is 1.41. The van der Waals surface area contributed by atoms with Crippen molar-refractivity contribution in [2.45, 2.75) is 6.92 Å². The first-order chi connectivity index (χ1) is 6.13. The summed E-state index contributed by atoms with van der Waals surface area (Å²) in [5.74, 6) is -0.673. The average Bonchev–Trinajstić information content (AvgIpc) is 2.08. The van der Waals surface area contributed by atoms with E-state index < -0.39 is 5.82 Å². The van der Waals surface area contributed by atoms with Gasteiger partial charge in [0, 0.05) is 13.0 Å². The van der Waals surface area contributed by atoms with Gasteiger partial charge in [0.2, 0.25) is 11.8 Å². The molecule has 0 radical (unpaired) electrons. The Morgan fingerprint density at radius 2 is 2.38 bits per heavy atom. The fraction of sp³-hybridized carbons (Fsp3) is 0.250. The van der Waals surface area contributed by atoms with E-state index in [0.717, 1.165) is 6.20 Å². The number of halogens is 1. The Kier molecular flexibility index (Phi) is 2.79. The second-order valence-electron chi connectivity index (χ2n) is 2.39. The van der Waals surface area contributed by atoms with Crippen LogP contribution in [0.1, 0.15) is 6.92 Å². The van der Waals surface area contributed by atoms with Gasteiger partial charge in [0.25, 0.3) is 0 Å². The second kappa shape index (κ2) is 3.84. The molecule has 0 saturated carbocycles. The monoisotopic (exact) mass is 184 g/mol. The van der Waals surface area contributed by atoms with Gasteiger partial charge in [-0.05, 0) is 0 Å². The Hall–Kier alpha value is -1.65. The van der Waals surface area contributed by atoms with Crippen LogP contribution in [0.3, 0.4) is 0 Å². The van der Waals surface area contributed by atoms with Crippen LogP contribution in [0.2, 0.25) is 0 Å². The second-order valence-corrected chi connectivity index (χ2v) is 2.39. The summed E-state index contributed by atoms with van der Waals surface area (Å²) in [5.41, 5.74) is 0.0688. The van der Waals surface area contributed by atoms with Crippen LogP contribution in [-0.2, 0) is 4.79 Å². The molecule has 0 saturated heterocycles. The van der Waals surface area contributed by atoms with Crippen molar-refractivity contribution in [3.8, 4) is 5.88 Å². The quantitative estimate of drug-likeness (QED) is 0.751. The maximum atomic E-state index is 12.9. The van der Waals surface area contributed by atoms with Crippen LogP contribution in [-0.4, -0.2) is 18.0 Å². The summed E-state index contributed by atoms with van der Waals surface area (Å²) >= 11 is 0. The molecule has 5 heteroatoms. The molecule has 0 fully saturated rings. The number of hydrogen-bond acceptors (Lipinski definition) is 3. The summed E-state index contributed by atoms with van der Waals surface area (Å²) in [6, 6.07) is 1.32. The number of methoxy groups -OCH3 is 1. The van der Waals surface area contributed by atoms with Crippen molar-refractivity contribution in [1.29, 1.82) is 0 Å². The number of hydrogen-bond donors (Lipinski definition) is 1. The summed E-state index contributed by atoms with van der Waals surface area (Å²) < 4.78 is 17.7. The molecule has 0 bridgehead atoms. The van der Waals surface area contributed by atoms with Crippen molar-refractivity contribution >= 4 is 11.6 Å². The fourth-order valence-electron chi connectivity index (χ4n) is 0.817. The first kappa shape index (κ1) is 9.44. The van der Waals surface area contributed by atoms with Crippen molar-refractivity contribution in [1.82, 2.24) is 4.98 Å². The van der Waals surface area contributed by atoms with Crippen molar-refractivity contribution in [3.05, 3.63) is 18.1 Å². The molecule has 1 rings (SSSR count). The molecule has 13 heavy (non-hydrogen) atoms. The number of rotatable bonds is 2. The van der Waals surface area contributed by atoms with Gasteiger partial charge in [0.1, 0.15) is 0 Å². The molecule has 4 nitrogen and oxygen atoms in total. The Bertz CT molecular complexity index is 328. The van der Waals surface area contributed by atoms with Gasteiger partial charge in [-0.2, -0.15) is 0 Å². The Labute approximate surface area is 74.7 Å². The minimum atomic E-state index is -0.587. The molecular formula is C8H9FN2O2. The number of pyridine rings is 1. The van der Waals surface area contributed by atoms with Gasteiger partial charge in [-0.15, -0.1) is 0 Å². The van der Waals surface area contributed by atoms with Crippen molar-refractivity contribution in [3.63, 3.8) is 0 Å². The van der Waals surface area contributed by atoms with Gasteiger partial charge in [-0.3, -0.25) is 4.79 Å². The number of nitrogens with zero attached hydrogens (tertiary/aromatic N) is 1. The van der Waals surface area contributed by atoms with E-state index in [2.05, 4.69) is 10.3 Å². The van der Waals surface area contributed by atoms with Crippen molar-refractivity contribution in [2.24, 2.45) is 0 Å². The van der Waals surface area contributed by atoms with Gasteiger partial charge in [0.05, 0.1) is 19.0 Å². The number of carbonyl (C=O) groups is 1. The molecule has 0 aromatic carbocycles. The highest BCUT2D eigenvalue weighted by molar-refractivity contribution is 5.88. The van der Waals surface area contributed by atoms with E-state index in [1.807, 2.05) is 0 Å². The Morgan fingerprint density at radius 1 is 1.69 bits per heavy atom. The van der Waals surface area contributed by atoms with Crippen LogP contribution in [0.5, 0.6) is 5.88 Å². The van der Waals surface area contributed by atoms with Crippen molar-refractivity contribution in [2.75, 3.05) is 12.4 Å². The first-order valence-electron chi connectivity index (χ1n) is 3.60. The summed E-state index contributed by atoms with van der Waals surface area (Å²) in [6.45, 7) is 1.30. The highest BCUT2D eigenvalue weighted by Gasteiger charge is 2.05. The molecule has 1 aromatic rings. The fourth-order valence-corrected chi connectivity index (χ4v) is 0.817. The maximum absolute atomic E-state index is 12.9. The molecule has 70 valence electrons. The van der Waals surface area contributed by atoms with Crippen LogP contribution >= 0.6 is 0 Å². The zero-order valence-electron chi connectivity index (χ0n) is 7.30. The van der Waals surface area contributed by atoms with Gasteiger partial charge >= 0.3 is 0 Å². The van der Waals surface area contributed by atoms with E-state index in [1.165, 1.54) is 20.1 Å². The SMILES string of the molecule is COc1cc(NC(C)=O)c(F)cn1. The minimum absolute atomic E-state index is 0.0688. The molecule has 1 aromatic heterocycles. The third-order valence-electron chi connectivity index (χ3n) is 1.35. The smallest absolute Gasteiger partial charge is 0.221 e. The maximum Gasteiger partial charge on any atom is 0.221 e. The predicted octanol–water partition coefficient (Wildman–Crippen LogP) is 1.19. The van der Waals surface area contributed by atoms with E-state index in [0.29, 0.717) is 0 Å². The largest absolute Gasteiger partial charge is 0.481 e. The van der Waals surface area contributed by atoms with Crippen molar-refractivity contribution < 1.29 is 13.9 Å². The molecule has 0 unspecified atom stereocenters. The number of amides is 1. The third kappa shape index (κ3) is 2.40. The van der Waals surface area contributed by atoms with Crippen LogP contribution in [0.15, 0.2) is 12.3 Å². The van der Waals surface area contributed by atoms with Crippen LogP contribution in [0, 0.1) is 5.82 Å². The number of nitrogens with one attached hydrogen (secondary N) is 1. The number of ether oxygens (including phenoxy) is 1. The lowest BCUT2D eigenvalue weighted by atomic mass is 10.4. The molecule has 0 aliphatic heterocycles. The highest BCUT2D eigenvalue weighted by Crippen LogP contribution is 2.17. The van der Waals surface area contributed by atoms with E-state index in [9.17, 15) is 9.18 Å². The topological polar surface area (TPSA) is 51.2 Å². The lowest BCUT2D eigenvalue weighted by Crippen LogP contribution is -2.08. The zero-order valence-corrected chi connectivity index (χ0v) is 7.30. The van der Waals surface area contributed by atoms with Gasteiger partial charge in [0.15, 0.2) is 5.82 Å². The number of aromatic nitrogens is 1. The Morgan fingerprint density at radius 3 is 2.92 bits per heavy atom. The van der Waals surface area contributed by atoms with E-state index in [1.54, 1.807) is 0 Å². The zero-order chi connectivity index (χ0) is 9.84. The summed E-state index contributed by atoms with van der Waals surface area (Å²) in [6.07, 6.45) is 0.990. The van der Waals surface area contributed by atoms with Gasteiger partial charge in [-0.1, -0.05) is 0 Å². The van der Waals surface area contributed by atoms with Crippen LogP contribution in [0.4, 0.5) is 10.1 Å². The van der Waals surface area contributed by atoms with E-state index >= 15 is 0 Å². The lowest BCUT2D eigenvalue weighted by molar-refractivity contribution is -0.114. The van der Waals surface area contributed by atoms with E-state index in [-0.39, 0.29) is 17.5 Å². The van der Waals surface area contributed by atoms with E-state index in [4.69, 9.17) is 4.74 Å². The minimum Gasteiger partial charge on any atom is -0.481 e. The van der Waals surface area contributed by atoms with Crippen LogP contribution < -0.4 is 10.1 Å². The summed E-state index contributed by atoms with van der Waals surface area (Å²) in [5, 5.41) is 2.31. The first-order valence-corrected chi connectivity index (χ1v) is 3.60. The molecule has 0 aliphatic carbocycles. The third-order valence-corrected chi connectivity index (χ3v) is 1.35. The van der Waals surface area contributed by atoms with Gasteiger partial charge < -0.3 is 10.1 Å². The highest BCUT2D eigenvalue weighted by atomic mass is 19.1. The Balaban J connectivity index is 2.96. The molecule has 0 aliphatic rings. The normalized spacial score (nSPS) is 9.46. The standard InChI is InChI=1S/C8H9FN2O2/c1-5(12)11-7-3-8(13-2)10-4-6(7)9/h3-4H,1-2H3,(H,10,11,12). The number of carbonyl (C=O) groups excluding carboxylic acids is 1. The molecule has 1 N–H and O–H groups in total. The van der Waals surface area contributed by atoms with Crippen LogP contribution in [0.25, 0.3) is 0 Å². The lowest BCUT2D eigenvalue weighted by Gasteiger charge is -2.04. The van der Waals surface area contributed by atoms with Gasteiger partial charge in [-0.25, -0.2) is 9.37 Å².